The van der Waals surface area contributed by atoms with Crippen LogP contribution in [0, 0.1) is 0 Å². The van der Waals surface area contributed by atoms with E-state index in [1.165, 1.54) is 41.4 Å². The Balaban J connectivity index is 2.31. The summed E-state index contributed by atoms with van der Waals surface area (Å²) < 4.78 is 0. The molecule has 0 amide bonds. The van der Waals surface area contributed by atoms with Gasteiger partial charge in [-0.1, -0.05) is 32.0 Å². The summed E-state index contributed by atoms with van der Waals surface area (Å²) in [6, 6.07) is 6.73. The number of rotatable bonds is 1. The highest BCUT2D eigenvalue weighted by atomic mass is 14.7. The predicted molar refractivity (Wildman–Crippen MR) is 69.0 cm³/mol. The molecule has 1 heterocycles. The number of hydrogen-bond donors (Lipinski definition) is 1. The fourth-order valence-corrected chi connectivity index (χ4v) is 3.07. The molecule has 1 aliphatic carbocycles. The van der Waals surface area contributed by atoms with Gasteiger partial charge in [0, 0.05) is 16.6 Å². The summed E-state index contributed by atoms with van der Waals surface area (Å²) in [5, 5.41) is 1.47. The monoisotopic (exact) mass is 213 g/mol. The van der Waals surface area contributed by atoms with Crippen molar-refractivity contribution in [2.45, 2.75) is 45.4 Å². The van der Waals surface area contributed by atoms with Crippen molar-refractivity contribution >= 4 is 10.9 Å². The van der Waals surface area contributed by atoms with Crippen molar-refractivity contribution in [3.63, 3.8) is 0 Å². The Bertz CT molecular complexity index is 521. The molecule has 1 nitrogen and oxygen atoms in total. The van der Waals surface area contributed by atoms with Crippen LogP contribution in [0.3, 0.4) is 0 Å². The van der Waals surface area contributed by atoms with Gasteiger partial charge in [-0.05, 0) is 42.7 Å². The Labute approximate surface area is 96.9 Å². The number of aromatic amines is 1. The van der Waals surface area contributed by atoms with E-state index < -0.39 is 0 Å². The molecule has 16 heavy (non-hydrogen) atoms. The average molecular weight is 213 g/mol. The molecule has 1 aromatic carbocycles. The Morgan fingerprint density at radius 1 is 1.38 bits per heavy atom. The summed E-state index contributed by atoms with van der Waals surface area (Å²) >= 11 is 0. The maximum atomic E-state index is 3.69. The lowest BCUT2D eigenvalue weighted by Gasteiger charge is -2.18. The zero-order valence-corrected chi connectivity index (χ0v) is 10.1. The summed E-state index contributed by atoms with van der Waals surface area (Å²) in [6.45, 7) is 4.58. The quantitative estimate of drug-likeness (QED) is 0.731. The van der Waals surface area contributed by atoms with Gasteiger partial charge in [-0.15, -0.1) is 0 Å². The first-order chi connectivity index (χ1) is 7.81. The molecule has 0 saturated carbocycles. The van der Waals surface area contributed by atoms with Crippen LogP contribution in [0.15, 0.2) is 18.2 Å². The van der Waals surface area contributed by atoms with E-state index in [1.54, 1.807) is 5.56 Å². The number of fused-ring (bicyclic) bond motifs is 3. The molecule has 1 aromatic heterocycles. The largest absolute Gasteiger partial charge is 0.358 e. The maximum Gasteiger partial charge on any atom is 0.0491 e. The zero-order chi connectivity index (χ0) is 11.1. The Hall–Kier alpha value is -1.24. The first kappa shape index (κ1) is 9.95. The Kier molecular flexibility index (Phi) is 2.27. The van der Waals surface area contributed by atoms with E-state index in [-0.39, 0.29) is 0 Å². The first-order valence-corrected chi connectivity index (χ1v) is 6.43. The molecule has 2 aromatic rings. The van der Waals surface area contributed by atoms with Gasteiger partial charge in [0.1, 0.15) is 0 Å². The number of aryl methyl sites for hydroxylation is 2. The summed E-state index contributed by atoms with van der Waals surface area (Å²) in [7, 11) is 0. The maximum absolute atomic E-state index is 3.69. The Morgan fingerprint density at radius 2 is 2.25 bits per heavy atom. The fourth-order valence-electron chi connectivity index (χ4n) is 3.07. The van der Waals surface area contributed by atoms with Gasteiger partial charge in [-0.25, -0.2) is 0 Å². The molecule has 0 aliphatic heterocycles. The summed E-state index contributed by atoms with van der Waals surface area (Å²) in [4.78, 5) is 3.69. The molecule has 1 N–H and O–H groups in total. The third-order valence-corrected chi connectivity index (χ3v) is 4.00. The van der Waals surface area contributed by atoms with Gasteiger partial charge in [0.15, 0.2) is 0 Å². The van der Waals surface area contributed by atoms with Crippen LogP contribution in [-0.2, 0) is 12.8 Å². The van der Waals surface area contributed by atoms with Crippen LogP contribution in [0.5, 0.6) is 0 Å². The van der Waals surface area contributed by atoms with Crippen LogP contribution in [0.4, 0.5) is 0 Å². The lowest BCUT2D eigenvalue weighted by Crippen LogP contribution is -2.05. The van der Waals surface area contributed by atoms with Gasteiger partial charge in [0.25, 0.3) is 0 Å². The zero-order valence-electron chi connectivity index (χ0n) is 10.1. The second-order valence-corrected chi connectivity index (χ2v) is 5.00. The van der Waals surface area contributed by atoms with Crippen molar-refractivity contribution < 1.29 is 0 Å². The van der Waals surface area contributed by atoms with Crippen LogP contribution >= 0.6 is 0 Å². The lowest BCUT2D eigenvalue weighted by molar-refractivity contribution is 0.582. The first-order valence-electron chi connectivity index (χ1n) is 6.43. The van der Waals surface area contributed by atoms with Crippen LogP contribution in [0.2, 0.25) is 0 Å². The molecule has 3 rings (SSSR count). The number of nitrogens with one attached hydrogen (secondary N) is 1. The van der Waals surface area contributed by atoms with Gasteiger partial charge in [-0.2, -0.15) is 0 Å². The Morgan fingerprint density at radius 3 is 3.06 bits per heavy atom. The highest BCUT2D eigenvalue weighted by Crippen LogP contribution is 2.36. The number of H-pyrrole nitrogens is 1. The van der Waals surface area contributed by atoms with E-state index in [9.17, 15) is 0 Å². The molecule has 0 bridgehead atoms. The van der Waals surface area contributed by atoms with Gasteiger partial charge >= 0.3 is 0 Å². The van der Waals surface area contributed by atoms with Crippen molar-refractivity contribution in [1.29, 1.82) is 0 Å². The third kappa shape index (κ3) is 1.31. The smallest absolute Gasteiger partial charge is 0.0491 e. The van der Waals surface area contributed by atoms with Gasteiger partial charge < -0.3 is 4.98 Å². The minimum absolute atomic E-state index is 0.709. The molecular formula is C15H19N. The molecule has 0 fully saturated rings. The number of hydrogen-bond acceptors (Lipinski definition) is 0. The fraction of sp³-hybridized carbons (Fsp3) is 0.467. The second kappa shape index (κ2) is 3.65. The number of benzene rings is 1. The summed E-state index contributed by atoms with van der Waals surface area (Å²) in [5.41, 5.74) is 5.94. The minimum Gasteiger partial charge on any atom is -0.358 e. The van der Waals surface area contributed by atoms with Gasteiger partial charge in [-0.3, -0.25) is 0 Å². The van der Waals surface area contributed by atoms with Crippen molar-refractivity contribution in [3.05, 3.63) is 35.0 Å². The molecule has 1 unspecified atom stereocenters. The molecule has 0 radical (unpaired) electrons. The van der Waals surface area contributed by atoms with Crippen LogP contribution in [0.1, 0.15) is 49.4 Å². The van der Waals surface area contributed by atoms with Crippen molar-refractivity contribution in [3.8, 4) is 0 Å². The average Bonchev–Trinajstić information content (AvgIpc) is 2.69. The van der Waals surface area contributed by atoms with Crippen LogP contribution in [0.25, 0.3) is 10.9 Å². The normalized spacial score (nSPS) is 20.0. The summed E-state index contributed by atoms with van der Waals surface area (Å²) in [5.74, 6) is 0.709. The number of para-hydroxylation sites is 1. The highest BCUT2D eigenvalue weighted by Gasteiger charge is 2.21. The second-order valence-electron chi connectivity index (χ2n) is 5.00. The van der Waals surface area contributed by atoms with Gasteiger partial charge in [0.05, 0.1) is 0 Å². The molecule has 0 saturated heterocycles. The topological polar surface area (TPSA) is 15.8 Å². The van der Waals surface area contributed by atoms with Crippen LogP contribution in [-0.4, -0.2) is 4.98 Å². The number of aromatic nitrogens is 1. The van der Waals surface area contributed by atoms with Crippen molar-refractivity contribution in [2.75, 3.05) is 0 Å². The molecule has 0 spiro atoms. The van der Waals surface area contributed by atoms with Crippen LogP contribution < -0.4 is 0 Å². The molecule has 84 valence electrons. The molecule has 1 heteroatoms. The summed E-state index contributed by atoms with van der Waals surface area (Å²) in [6.07, 6.45) is 5.05. The van der Waals surface area contributed by atoms with E-state index in [0.717, 1.165) is 6.42 Å². The predicted octanol–water partition coefficient (Wildman–Crippen LogP) is 4.17. The highest BCUT2D eigenvalue weighted by molar-refractivity contribution is 5.87. The van der Waals surface area contributed by atoms with Crippen molar-refractivity contribution in [1.82, 2.24) is 4.98 Å². The molecule has 1 aliphatic rings. The van der Waals surface area contributed by atoms with Gasteiger partial charge in [0.2, 0.25) is 0 Å². The van der Waals surface area contributed by atoms with E-state index in [1.807, 2.05) is 0 Å². The van der Waals surface area contributed by atoms with E-state index in [2.05, 4.69) is 37.0 Å². The van der Waals surface area contributed by atoms with Crippen molar-refractivity contribution in [2.24, 2.45) is 0 Å². The standard InChI is InChI=1S/C15H19N/c1-3-11-7-5-9-13-12-8-4-6-10(2)14(12)16-15(11)13/h5,7,9-10,16H,3-4,6,8H2,1-2H3. The third-order valence-electron chi connectivity index (χ3n) is 4.00. The molecular weight excluding hydrogens is 194 g/mol. The van der Waals surface area contributed by atoms with E-state index in [0.29, 0.717) is 5.92 Å². The van der Waals surface area contributed by atoms with E-state index >= 15 is 0 Å². The molecule has 1 atom stereocenters. The SMILES string of the molecule is CCc1cccc2c3c([nH]c12)C(C)CCC3. The van der Waals surface area contributed by atoms with E-state index in [4.69, 9.17) is 0 Å². The lowest BCUT2D eigenvalue weighted by atomic mass is 9.88. The minimum atomic E-state index is 0.709.